The molecule has 1 heterocycles. The fraction of sp³-hybridized carbons (Fsp3) is 0.667. The Bertz CT molecular complexity index is 387. The SMILES string of the molecule is CCCCc1ncc(NC(=O)[C@@H](CS)NC)n1C. The van der Waals surface area contributed by atoms with Gasteiger partial charge in [0.15, 0.2) is 0 Å². The highest BCUT2D eigenvalue weighted by Gasteiger charge is 2.16. The molecule has 1 amide bonds. The van der Waals surface area contributed by atoms with E-state index < -0.39 is 0 Å². The molecule has 0 unspecified atom stereocenters. The van der Waals surface area contributed by atoms with Gasteiger partial charge in [0.1, 0.15) is 11.6 Å². The van der Waals surface area contributed by atoms with E-state index in [9.17, 15) is 4.79 Å². The van der Waals surface area contributed by atoms with Gasteiger partial charge in [0, 0.05) is 19.2 Å². The van der Waals surface area contributed by atoms with Crippen molar-refractivity contribution in [3.8, 4) is 0 Å². The molecule has 0 aromatic carbocycles. The maximum atomic E-state index is 11.9. The van der Waals surface area contributed by atoms with Crippen molar-refractivity contribution in [2.45, 2.75) is 32.2 Å². The van der Waals surface area contributed by atoms with Gasteiger partial charge in [-0.15, -0.1) is 0 Å². The first-order valence-corrected chi connectivity index (χ1v) is 6.86. The highest BCUT2D eigenvalue weighted by Crippen LogP contribution is 2.11. The number of aromatic nitrogens is 2. The number of nitrogens with zero attached hydrogens (tertiary/aromatic N) is 2. The van der Waals surface area contributed by atoms with Crippen molar-refractivity contribution in [2.75, 3.05) is 18.1 Å². The van der Waals surface area contributed by atoms with Crippen LogP contribution in [0.25, 0.3) is 0 Å². The van der Waals surface area contributed by atoms with E-state index in [0.717, 1.165) is 30.9 Å². The van der Waals surface area contributed by atoms with Crippen LogP contribution >= 0.6 is 12.6 Å². The summed E-state index contributed by atoms with van der Waals surface area (Å²) in [6, 6.07) is -0.290. The van der Waals surface area contributed by atoms with Crippen LogP contribution in [0.15, 0.2) is 6.20 Å². The third-order valence-electron chi connectivity index (χ3n) is 2.94. The van der Waals surface area contributed by atoms with Crippen LogP contribution in [0.5, 0.6) is 0 Å². The molecular formula is C12H22N4OS. The number of nitrogens with one attached hydrogen (secondary N) is 2. The maximum absolute atomic E-state index is 11.9. The van der Waals surface area contributed by atoms with Gasteiger partial charge in [-0.2, -0.15) is 12.6 Å². The van der Waals surface area contributed by atoms with Gasteiger partial charge >= 0.3 is 0 Å². The summed E-state index contributed by atoms with van der Waals surface area (Å²) in [5.41, 5.74) is 0. The van der Waals surface area contributed by atoms with Gasteiger partial charge in [-0.05, 0) is 13.5 Å². The van der Waals surface area contributed by atoms with E-state index in [2.05, 4.69) is 35.2 Å². The minimum atomic E-state index is -0.290. The lowest BCUT2D eigenvalue weighted by molar-refractivity contribution is -0.117. The molecule has 0 saturated carbocycles. The van der Waals surface area contributed by atoms with Gasteiger partial charge in [0.25, 0.3) is 0 Å². The number of anilines is 1. The largest absolute Gasteiger partial charge is 0.318 e. The number of likely N-dealkylation sites (N-methyl/N-ethyl adjacent to an activating group) is 1. The van der Waals surface area contributed by atoms with E-state index in [4.69, 9.17) is 0 Å². The second-order valence-electron chi connectivity index (χ2n) is 4.24. The molecule has 0 aliphatic heterocycles. The van der Waals surface area contributed by atoms with Crippen LogP contribution in [0.4, 0.5) is 5.82 Å². The molecule has 2 N–H and O–H groups in total. The minimum absolute atomic E-state index is 0.0856. The van der Waals surface area contributed by atoms with Crippen molar-refractivity contribution < 1.29 is 4.79 Å². The van der Waals surface area contributed by atoms with Gasteiger partial charge in [0.2, 0.25) is 5.91 Å². The molecule has 1 atom stereocenters. The summed E-state index contributed by atoms with van der Waals surface area (Å²) in [5, 5.41) is 5.77. The summed E-state index contributed by atoms with van der Waals surface area (Å²) in [6.07, 6.45) is 4.88. The molecule has 0 radical (unpaired) electrons. The third kappa shape index (κ3) is 3.74. The fourth-order valence-electron chi connectivity index (χ4n) is 1.65. The third-order valence-corrected chi connectivity index (χ3v) is 3.30. The molecule has 1 aromatic rings. The number of rotatable bonds is 7. The van der Waals surface area contributed by atoms with E-state index in [0.29, 0.717) is 5.75 Å². The standard InChI is InChI=1S/C12H22N4OS/c1-4-5-6-10-14-7-11(16(10)3)15-12(17)9(8-18)13-2/h7,9,13,18H,4-6,8H2,1-3H3,(H,15,17)/t9-/m1/s1. The Hall–Kier alpha value is -1.01. The Morgan fingerprint density at radius 1 is 1.61 bits per heavy atom. The second kappa shape index (κ2) is 7.43. The maximum Gasteiger partial charge on any atom is 0.243 e. The normalized spacial score (nSPS) is 12.4. The monoisotopic (exact) mass is 270 g/mol. The lowest BCUT2D eigenvalue weighted by Crippen LogP contribution is -2.40. The minimum Gasteiger partial charge on any atom is -0.318 e. The van der Waals surface area contributed by atoms with Crippen molar-refractivity contribution in [3.63, 3.8) is 0 Å². The molecule has 1 aromatic heterocycles. The Balaban J connectivity index is 2.67. The van der Waals surface area contributed by atoms with Crippen LogP contribution in [0.3, 0.4) is 0 Å². The van der Waals surface area contributed by atoms with Crippen LogP contribution in [0, 0.1) is 0 Å². The zero-order chi connectivity index (χ0) is 13.5. The number of carbonyl (C=O) groups excluding carboxylic acids is 1. The number of thiol groups is 1. The predicted molar refractivity (Wildman–Crippen MR) is 77.2 cm³/mol. The topological polar surface area (TPSA) is 59.0 Å². The lowest BCUT2D eigenvalue weighted by Gasteiger charge is -2.13. The van der Waals surface area contributed by atoms with Crippen molar-refractivity contribution in [1.29, 1.82) is 0 Å². The first-order valence-electron chi connectivity index (χ1n) is 6.23. The molecule has 18 heavy (non-hydrogen) atoms. The Labute approximate surface area is 114 Å². The molecule has 6 heteroatoms. The first-order chi connectivity index (χ1) is 8.63. The first kappa shape index (κ1) is 15.0. The highest BCUT2D eigenvalue weighted by molar-refractivity contribution is 7.80. The van der Waals surface area contributed by atoms with Crippen LogP contribution in [0.1, 0.15) is 25.6 Å². The predicted octanol–water partition coefficient (Wildman–Crippen LogP) is 1.22. The molecule has 1 rings (SSSR count). The fourth-order valence-corrected chi connectivity index (χ4v) is 2.00. The Kier molecular flexibility index (Phi) is 6.21. The van der Waals surface area contributed by atoms with E-state index in [1.165, 1.54) is 0 Å². The number of imidazole rings is 1. The number of hydrogen-bond acceptors (Lipinski definition) is 4. The van der Waals surface area contributed by atoms with E-state index in [1.54, 1.807) is 13.2 Å². The van der Waals surface area contributed by atoms with Crippen LogP contribution in [0.2, 0.25) is 0 Å². The van der Waals surface area contributed by atoms with Crippen molar-refractivity contribution in [3.05, 3.63) is 12.0 Å². The summed E-state index contributed by atoms with van der Waals surface area (Å²) in [6.45, 7) is 2.15. The van der Waals surface area contributed by atoms with E-state index >= 15 is 0 Å². The van der Waals surface area contributed by atoms with Crippen LogP contribution in [-0.4, -0.2) is 34.3 Å². The van der Waals surface area contributed by atoms with Gasteiger partial charge in [-0.25, -0.2) is 4.98 Å². The van der Waals surface area contributed by atoms with Crippen molar-refractivity contribution in [1.82, 2.24) is 14.9 Å². The van der Waals surface area contributed by atoms with E-state index in [-0.39, 0.29) is 11.9 Å². The number of amides is 1. The number of carbonyl (C=O) groups is 1. The number of aryl methyl sites for hydroxylation is 1. The zero-order valence-electron chi connectivity index (χ0n) is 11.2. The Morgan fingerprint density at radius 3 is 2.89 bits per heavy atom. The van der Waals surface area contributed by atoms with Crippen LogP contribution in [-0.2, 0) is 18.3 Å². The van der Waals surface area contributed by atoms with Gasteiger partial charge in [-0.3, -0.25) is 4.79 Å². The van der Waals surface area contributed by atoms with Gasteiger partial charge in [0.05, 0.1) is 12.2 Å². The number of unbranched alkanes of at least 4 members (excludes halogenated alkanes) is 1. The zero-order valence-corrected chi connectivity index (χ0v) is 12.1. The summed E-state index contributed by atoms with van der Waals surface area (Å²) in [7, 11) is 3.67. The summed E-state index contributed by atoms with van der Waals surface area (Å²) >= 11 is 4.13. The molecule has 0 aliphatic rings. The van der Waals surface area contributed by atoms with Crippen molar-refractivity contribution in [2.24, 2.45) is 7.05 Å². The summed E-state index contributed by atoms with van der Waals surface area (Å²) in [5.74, 6) is 2.10. The Morgan fingerprint density at radius 2 is 2.33 bits per heavy atom. The smallest absolute Gasteiger partial charge is 0.243 e. The summed E-state index contributed by atoms with van der Waals surface area (Å²) < 4.78 is 1.93. The summed E-state index contributed by atoms with van der Waals surface area (Å²) in [4.78, 5) is 16.2. The molecule has 0 saturated heterocycles. The van der Waals surface area contributed by atoms with Crippen molar-refractivity contribution >= 4 is 24.4 Å². The van der Waals surface area contributed by atoms with Crippen LogP contribution < -0.4 is 10.6 Å². The van der Waals surface area contributed by atoms with Gasteiger partial charge < -0.3 is 15.2 Å². The molecular weight excluding hydrogens is 248 g/mol. The average Bonchev–Trinajstić information content (AvgIpc) is 2.70. The molecule has 5 nitrogen and oxygen atoms in total. The highest BCUT2D eigenvalue weighted by atomic mass is 32.1. The lowest BCUT2D eigenvalue weighted by atomic mass is 10.2. The molecule has 102 valence electrons. The average molecular weight is 270 g/mol. The van der Waals surface area contributed by atoms with Gasteiger partial charge in [-0.1, -0.05) is 13.3 Å². The van der Waals surface area contributed by atoms with E-state index in [1.807, 2.05) is 11.6 Å². The molecule has 0 bridgehead atoms. The number of hydrogen-bond donors (Lipinski definition) is 3. The molecule has 0 aliphatic carbocycles. The molecule has 0 spiro atoms. The molecule has 0 fully saturated rings. The second-order valence-corrected chi connectivity index (χ2v) is 4.60. The quantitative estimate of drug-likeness (QED) is 0.653.